The molecule has 7 heteroatoms. The normalized spacial score (nSPS) is 14.0. The van der Waals surface area contributed by atoms with E-state index in [1.807, 2.05) is 49.1 Å². The van der Waals surface area contributed by atoms with E-state index < -0.39 is 0 Å². The van der Waals surface area contributed by atoms with Crippen molar-refractivity contribution in [1.29, 1.82) is 0 Å². The van der Waals surface area contributed by atoms with Gasteiger partial charge in [0.25, 0.3) is 5.91 Å². The molecule has 1 fully saturated rings. The summed E-state index contributed by atoms with van der Waals surface area (Å²) >= 11 is 0. The average Bonchev–Trinajstić information content (AvgIpc) is 3.12. The van der Waals surface area contributed by atoms with Crippen LogP contribution in [0.25, 0.3) is 0 Å². The van der Waals surface area contributed by atoms with Crippen molar-refractivity contribution < 1.29 is 13.9 Å². The van der Waals surface area contributed by atoms with E-state index in [9.17, 15) is 9.18 Å². The van der Waals surface area contributed by atoms with E-state index in [-0.39, 0.29) is 11.7 Å². The molecule has 1 aliphatic heterocycles. The van der Waals surface area contributed by atoms with E-state index in [1.54, 1.807) is 12.1 Å². The quantitative estimate of drug-likeness (QED) is 0.398. The Bertz CT molecular complexity index is 1180. The molecule has 1 saturated heterocycles. The Labute approximate surface area is 213 Å². The fraction of sp³-hybridized carbons (Fsp3) is 0.414. The van der Waals surface area contributed by atoms with E-state index >= 15 is 0 Å². The zero-order valence-electron chi connectivity index (χ0n) is 21.5. The lowest BCUT2D eigenvalue weighted by atomic mass is 10.0. The van der Waals surface area contributed by atoms with Gasteiger partial charge in [0.15, 0.2) is 0 Å². The third kappa shape index (κ3) is 6.39. The summed E-state index contributed by atoms with van der Waals surface area (Å²) in [4.78, 5) is 26.8. The van der Waals surface area contributed by atoms with E-state index in [0.29, 0.717) is 44.0 Å². The fourth-order valence-corrected chi connectivity index (χ4v) is 4.58. The highest BCUT2D eigenvalue weighted by atomic mass is 19.1. The van der Waals surface area contributed by atoms with Crippen molar-refractivity contribution in [1.82, 2.24) is 14.9 Å². The molecule has 2 aromatic carbocycles. The van der Waals surface area contributed by atoms with Crippen molar-refractivity contribution in [3.63, 3.8) is 0 Å². The number of unbranched alkanes of at least 4 members (excludes halogenated alkanes) is 1. The molecule has 0 aliphatic carbocycles. The minimum absolute atomic E-state index is 0.0343. The second-order valence-electron chi connectivity index (χ2n) is 9.32. The number of hydrogen-bond donors (Lipinski definition) is 0. The largest absolute Gasteiger partial charge is 0.494 e. The number of aromatic nitrogens is 2. The van der Waals surface area contributed by atoms with Gasteiger partial charge in [-0.1, -0.05) is 25.5 Å². The van der Waals surface area contributed by atoms with Gasteiger partial charge < -0.3 is 14.5 Å². The number of aryl methyl sites for hydroxylation is 2. The monoisotopic (exact) mass is 490 g/mol. The maximum atomic E-state index is 13.8. The van der Waals surface area contributed by atoms with Gasteiger partial charge in [0.05, 0.1) is 6.61 Å². The zero-order valence-corrected chi connectivity index (χ0v) is 21.5. The molecule has 2 heterocycles. The molecule has 0 spiro atoms. The first-order valence-corrected chi connectivity index (χ1v) is 12.8. The van der Waals surface area contributed by atoms with E-state index in [4.69, 9.17) is 9.72 Å². The van der Waals surface area contributed by atoms with Gasteiger partial charge in [0, 0.05) is 49.4 Å². The molecule has 3 aromatic rings. The highest BCUT2D eigenvalue weighted by Crippen LogP contribution is 2.26. The first-order valence-electron chi connectivity index (χ1n) is 12.8. The third-order valence-corrected chi connectivity index (χ3v) is 6.52. The van der Waals surface area contributed by atoms with Gasteiger partial charge in [-0.05, 0) is 68.7 Å². The van der Waals surface area contributed by atoms with Crippen LogP contribution in [0, 0.1) is 19.7 Å². The van der Waals surface area contributed by atoms with E-state index in [2.05, 4.69) is 16.8 Å². The van der Waals surface area contributed by atoms with Crippen LogP contribution in [0.1, 0.15) is 59.2 Å². The SMILES string of the molecule is CCCCOc1ccc(C(=O)N2CCCN(c3nc(C)nc(C)c3Cc3cccc(F)c3)CC2)cc1. The van der Waals surface area contributed by atoms with Crippen molar-refractivity contribution >= 4 is 11.7 Å². The average molecular weight is 491 g/mol. The van der Waals surface area contributed by atoms with Crippen molar-refractivity contribution in [3.8, 4) is 5.75 Å². The minimum atomic E-state index is -0.246. The lowest BCUT2D eigenvalue weighted by Crippen LogP contribution is -2.35. The Kier molecular flexibility index (Phi) is 8.52. The molecule has 36 heavy (non-hydrogen) atoms. The number of carbonyl (C=O) groups is 1. The number of ether oxygens (including phenoxy) is 1. The van der Waals surface area contributed by atoms with Crippen molar-refractivity contribution in [2.75, 3.05) is 37.7 Å². The van der Waals surface area contributed by atoms with Gasteiger partial charge in [-0.25, -0.2) is 14.4 Å². The van der Waals surface area contributed by atoms with Crippen LogP contribution >= 0.6 is 0 Å². The molecular weight excluding hydrogens is 455 g/mol. The number of rotatable bonds is 8. The maximum absolute atomic E-state index is 13.8. The lowest BCUT2D eigenvalue weighted by molar-refractivity contribution is 0.0767. The molecular formula is C29H35FN4O2. The highest BCUT2D eigenvalue weighted by molar-refractivity contribution is 5.94. The lowest BCUT2D eigenvalue weighted by Gasteiger charge is -2.26. The smallest absolute Gasteiger partial charge is 0.253 e. The topological polar surface area (TPSA) is 58.6 Å². The first-order chi connectivity index (χ1) is 17.4. The van der Waals surface area contributed by atoms with Crippen LogP contribution in [-0.4, -0.2) is 53.6 Å². The molecule has 0 unspecified atom stereocenters. The third-order valence-electron chi connectivity index (χ3n) is 6.52. The Morgan fingerprint density at radius 2 is 1.83 bits per heavy atom. The van der Waals surface area contributed by atoms with Crippen molar-refractivity contribution in [2.24, 2.45) is 0 Å². The van der Waals surface area contributed by atoms with Crippen LogP contribution in [0.2, 0.25) is 0 Å². The second-order valence-corrected chi connectivity index (χ2v) is 9.32. The number of amides is 1. The van der Waals surface area contributed by atoms with Gasteiger partial charge in [-0.2, -0.15) is 0 Å². The molecule has 0 saturated carbocycles. The van der Waals surface area contributed by atoms with Gasteiger partial charge in [-0.3, -0.25) is 4.79 Å². The van der Waals surface area contributed by atoms with Crippen LogP contribution < -0.4 is 9.64 Å². The Morgan fingerprint density at radius 3 is 2.58 bits per heavy atom. The van der Waals surface area contributed by atoms with E-state index in [1.165, 1.54) is 6.07 Å². The van der Waals surface area contributed by atoms with Crippen LogP contribution in [0.5, 0.6) is 5.75 Å². The summed E-state index contributed by atoms with van der Waals surface area (Å²) in [7, 11) is 0. The standard InChI is InChI=1S/C29H35FN4O2/c1-4-5-18-36-26-12-10-24(11-13-26)29(35)34-15-7-14-33(16-17-34)28-27(21(2)31-22(3)32-28)20-23-8-6-9-25(30)19-23/h6,8-13,19H,4-5,7,14-18,20H2,1-3H3. The van der Waals surface area contributed by atoms with Gasteiger partial charge in [0.2, 0.25) is 0 Å². The van der Waals surface area contributed by atoms with Gasteiger partial charge >= 0.3 is 0 Å². The van der Waals surface area contributed by atoms with Crippen LogP contribution in [0.15, 0.2) is 48.5 Å². The molecule has 1 aromatic heterocycles. The number of hydrogen-bond acceptors (Lipinski definition) is 5. The Morgan fingerprint density at radius 1 is 1.03 bits per heavy atom. The number of carbonyl (C=O) groups excluding carboxylic acids is 1. The van der Waals surface area contributed by atoms with Crippen molar-refractivity contribution in [3.05, 3.63) is 82.6 Å². The van der Waals surface area contributed by atoms with Gasteiger partial charge in [0.1, 0.15) is 23.2 Å². The summed E-state index contributed by atoms with van der Waals surface area (Å²) in [5.74, 6) is 2.18. The fourth-order valence-electron chi connectivity index (χ4n) is 4.58. The predicted octanol–water partition coefficient (Wildman–Crippen LogP) is 5.35. The summed E-state index contributed by atoms with van der Waals surface area (Å²) in [6, 6.07) is 14.1. The number of anilines is 1. The maximum Gasteiger partial charge on any atom is 0.253 e. The van der Waals surface area contributed by atoms with Crippen LogP contribution in [0.3, 0.4) is 0 Å². The van der Waals surface area contributed by atoms with Crippen LogP contribution in [0.4, 0.5) is 10.2 Å². The molecule has 0 N–H and O–H groups in total. The number of halogens is 1. The molecule has 0 bridgehead atoms. The summed E-state index contributed by atoms with van der Waals surface area (Å²) in [6.45, 7) is 9.46. The Balaban J connectivity index is 1.47. The number of benzene rings is 2. The predicted molar refractivity (Wildman–Crippen MR) is 140 cm³/mol. The second kappa shape index (κ2) is 12.0. The molecule has 1 aliphatic rings. The highest BCUT2D eigenvalue weighted by Gasteiger charge is 2.24. The summed E-state index contributed by atoms with van der Waals surface area (Å²) in [5, 5.41) is 0. The molecule has 4 rings (SSSR count). The molecule has 1 amide bonds. The molecule has 0 radical (unpaired) electrons. The van der Waals surface area contributed by atoms with E-state index in [0.717, 1.165) is 54.2 Å². The van der Waals surface area contributed by atoms with Crippen LogP contribution in [-0.2, 0) is 6.42 Å². The van der Waals surface area contributed by atoms with Crippen molar-refractivity contribution in [2.45, 2.75) is 46.5 Å². The zero-order chi connectivity index (χ0) is 25.5. The summed E-state index contributed by atoms with van der Waals surface area (Å²) in [6.07, 6.45) is 3.50. The number of nitrogens with zero attached hydrogens (tertiary/aromatic N) is 4. The summed E-state index contributed by atoms with van der Waals surface area (Å²) < 4.78 is 19.5. The minimum Gasteiger partial charge on any atom is -0.494 e. The molecule has 0 atom stereocenters. The first kappa shape index (κ1) is 25.6. The Hall–Kier alpha value is -3.48. The summed E-state index contributed by atoms with van der Waals surface area (Å²) in [5.41, 5.74) is 3.47. The molecule has 6 nitrogen and oxygen atoms in total. The molecule has 190 valence electrons. The van der Waals surface area contributed by atoms with Gasteiger partial charge in [-0.15, -0.1) is 0 Å².